The van der Waals surface area contributed by atoms with Crippen LogP contribution < -0.4 is 10.2 Å². The first kappa shape index (κ1) is 15.3. The lowest BCUT2D eigenvalue weighted by atomic mass is 10.2. The second-order valence-electron chi connectivity index (χ2n) is 5.70. The van der Waals surface area contributed by atoms with E-state index in [9.17, 15) is 9.59 Å². The topological polar surface area (TPSA) is 67.2 Å². The molecule has 23 heavy (non-hydrogen) atoms. The molecule has 1 atom stereocenters. The maximum atomic E-state index is 12.1. The zero-order chi connectivity index (χ0) is 16.2. The largest absolute Gasteiger partial charge is 0.350 e. The molecule has 1 aliphatic heterocycles. The third-order valence-electron chi connectivity index (χ3n) is 4.09. The number of amides is 2. The molecule has 0 radical (unpaired) electrons. The van der Waals surface area contributed by atoms with Gasteiger partial charge in [0, 0.05) is 37.6 Å². The van der Waals surface area contributed by atoms with Crippen LogP contribution in [0.4, 0.5) is 5.69 Å². The van der Waals surface area contributed by atoms with E-state index in [0.29, 0.717) is 13.0 Å². The fourth-order valence-corrected chi connectivity index (χ4v) is 2.68. The summed E-state index contributed by atoms with van der Waals surface area (Å²) in [6.07, 6.45) is 4.97. The number of carbonyl (C=O) groups excluding carboxylic acids is 2. The molecule has 0 saturated carbocycles. The lowest BCUT2D eigenvalue weighted by Gasteiger charge is -2.16. The molecule has 1 saturated heterocycles. The number of hydrogen-bond acceptors (Lipinski definition) is 3. The molecule has 2 amide bonds. The van der Waals surface area contributed by atoms with Crippen molar-refractivity contribution in [1.82, 2.24) is 15.1 Å². The second kappa shape index (κ2) is 6.64. The maximum absolute atomic E-state index is 12.1. The van der Waals surface area contributed by atoms with Crippen LogP contribution in [-0.2, 0) is 16.1 Å². The predicted molar refractivity (Wildman–Crippen MR) is 86.8 cm³/mol. The maximum Gasteiger partial charge on any atom is 0.244 e. The molecule has 3 rings (SSSR count). The van der Waals surface area contributed by atoms with Crippen molar-refractivity contribution in [2.24, 2.45) is 0 Å². The van der Waals surface area contributed by atoms with Crippen LogP contribution in [0.2, 0.25) is 0 Å². The second-order valence-corrected chi connectivity index (χ2v) is 5.70. The van der Waals surface area contributed by atoms with E-state index in [2.05, 4.69) is 10.4 Å². The number of anilines is 1. The Morgan fingerprint density at radius 2 is 2.13 bits per heavy atom. The highest BCUT2D eigenvalue weighted by Crippen LogP contribution is 2.21. The zero-order valence-electron chi connectivity index (χ0n) is 13.1. The molecular weight excluding hydrogens is 292 g/mol. The van der Waals surface area contributed by atoms with Gasteiger partial charge in [0.2, 0.25) is 11.8 Å². The molecule has 1 aromatic heterocycles. The summed E-state index contributed by atoms with van der Waals surface area (Å²) in [4.78, 5) is 25.6. The summed E-state index contributed by atoms with van der Waals surface area (Å²) in [5.74, 6) is 0.103. The van der Waals surface area contributed by atoms with Gasteiger partial charge in [-0.2, -0.15) is 5.10 Å². The Kier molecular flexibility index (Phi) is 4.41. The fraction of sp³-hybridized carbons (Fsp3) is 0.353. The molecule has 6 heteroatoms. The summed E-state index contributed by atoms with van der Waals surface area (Å²) in [6, 6.07) is 9.21. The molecule has 0 aliphatic carbocycles. The van der Waals surface area contributed by atoms with Crippen LogP contribution in [0, 0.1) is 0 Å². The molecule has 1 aromatic carbocycles. The van der Waals surface area contributed by atoms with Gasteiger partial charge in [-0.1, -0.05) is 12.1 Å². The predicted octanol–water partition coefficient (Wildman–Crippen LogP) is 1.89. The van der Waals surface area contributed by atoms with Gasteiger partial charge < -0.3 is 10.2 Å². The molecule has 6 nitrogen and oxygen atoms in total. The van der Waals surface area contributed by atoms with E-state index in [1.165, 1.54) is 0 Å². The van der Waals surface area contributed by atoms with Crippen LogP contribution in [0.15, 0.2) is 42.7 Å². The van der Waals surface area contributed by atoms with Crippen molar-refractivity contribution in [2.45, 2.75) is 32.4 Å². The molecule has 2 heterocycles. The smallest absolute Gasteiger partial charge is 0.244 e. The molecule has 2 aromatic rings. The van der Waals surface area contributed by atoms with E-state index in [4.69, 9.17) is 0 Å². The minimum absolute atomic E-state index is 0.0764. The molecule has 1 fully saturated rings. The Labute approximate surface area is 135 Å². The van der Waals surface area contributed by atoms with Crippen LogP contribution in [0.5, 0.6) is 0 Å². The number of nitrogens with zero attached hydrogens (tertiary/aromatic N) is 3. The van der Waals surface area contributed by atoms with Gasteiger partial charge in [0.15, 0.2) is 0 Å². The van der Waals surface area contributed by atoms with E-state index < -0.39 is 0 Å². The molecule has 120 valence electrons. The van der Waals surface area contributed by atoms with Gasteiger partial charge in [0.1, 0.15) is 6.04 Å². The number of rotatable bonds is 5. The number of nitrogens with one attached hydrogen (secondary N) is 1. The summed E-state index contributed by atoms with van der Waals surface area (Å²) in [5, 5.41) is 6.98. The average Bonchev–Trinajstić information content (AvgIpc) is 3.24. The van der Waals surface area contributed by atoms with E-state index in [1.807, 2.05) is 36.1 Å². The molecule has 0 spiro atoms. The van der Waals surface area contributed by atoms with Crippen molar-refractivity contribution in [3.63, 3.8) is 0 Å². The van der Waals surface area contributed by atoms with Gasteiger partial charge in [-0.15, -0.1) is 0 Å². The number of benzene rings is 1. The van der Waals surface area contributed by atoms with Crippen LogP contribution in [0.3, 0.4) is 0 Å². The lowest BCUT2D eigenvalue weighted by molar-refractivity contribution is -0.124. The zero-order valence-corrected chi connectivity index (χ0v) is 13.1. The first-order valence-electron chi connectivity index (χ1n) is 7.81. The van der Waals surface area contributed by atoms with Crippen molar-refractivity contribution < 1.29 is 9.59 Å². The first-order chi connectivity index (χ1) is 11.1. The Hall–Kier alpha value is -2.63. The number of carbonyl (C=O) groups is 2. The fourth-order valence-electron chi connectivity index (χ4n) is 2.68. The van der Waals surface area contributed by atoms with Crippen LogP contribution in [-0.4, -0.2) is 28.1 Å². The van der Waals surface area contributed by atoms with E-state index in [1.54, 1.807) is 23.1 Å². The third kappa shape index (κ3) is 3.41. The van der Waals surface area contributed by atoms with Gasteiger partial charge >= 0.3 is 0 Å². The molecule has 1 aliphatic rings. The highest BCUT2D eigenvalue weighted by Gasteiger charge is 2.21. The standard InChI is InChI=1S/C17H20N4O2/c1-13(21-11-3-9-19-21)17(23)18-12-14-5-7-15(8-6-14)20-10-2-4-16(20)22/h3,5-9,11,13H,2,4,10,12H2,1H3,(H,18,23)/t13-/m1/s1. The molecule has 0 bridgehead atoms. The van der Waals surface area contributed by atoms with E-state index in [0.717, 1.165) is 24.2 Å². The Bertz CT molecular complexity index is 679. The average molecular weight is 312 g/mol. The monoisotopic (exact) mass is 312 g/mol. The van der Waals surface area contributed by atoms with Crippen molar-refractivity contribution >= 4 is 17.5 Å². The summed E-state index contributed by atoms with van der Waals surface area (Å²) < 4.78 is 1.62. The van der Waals surface area contributed by atoms with Crippen LogP contribution in [0.1, 0.15) is 31.4 Å². The SMILES string of the molecule is C[C@H](C(=O)NCc1ccc(N2CCCC2=O)cc1)n1cccn1. The summed E-state index contributed by atoms with van der Waals surface area (Å²) >= 11 is 0. The van der Waals surface area contributed by atoms with E-state index in [-0.39, 0.29) is 17.9 Å². The first-order valence-corrected chi connectivity index (χ1v) is 7.81. The normalized spacial score (nSPS) is 15.7. The quantitative estimate of drug-likeness (QED) is 0.917. The van der Waals surface area contributed by atoms with Gasteiger partial charge in [-0.25, -0.2) is 0 Å². The molecule has 0 unspecified atom stereocenters. The van der Waals surface area contributed by atoms with Crippen LogP contribution >= 0.6 is 0 Å². The van der Waals surface area contributed by atoms with Gasteiger partial charge in [0.25, 0.3) is 0 Å². The minimum atomic E-state index is -0.341. The number of hydrogen-bond donors (Lipinski definition) is 1. The van der Waals surface area contributed by atoms with Gasteiger partial charge in [-0.05, 0) is 37.1 Å². The summed E-state index contributed by atoms with van der Waals surface area (Å²) in [6.45, 7) is 3.05. The Morgan fingerprint density at radius 3 is 2.74 bits per heavy atom. The van der Waals surface area contributed by atoms with E-state index >= 15 is 0 Å². The number of aromatic nitrogens is 2. The van der Waals surface area contributed by atoms with Crippen LogP contribution in [0.25, 0.3) is 0 Å². The van der Waals surface area contributed by atoms with Crippen molar-refractivity contribution in [2.75, 3.05) is 11.4 Å². The van der Waals surface area contributed by atoms with Gasteiger partial charge in [0.05, 0.1) is 0 Å². The highest BCUT2D eigenvalue weighted by molar-refractivity contribution is 5.95. The van der Waals surface area contributed by atoms with Crippen molar-refractivity contribution in [3.8, 4) is 0 Å². The van der Waals surface area contributed by atoms with Gasteiger partial charge in [-0.3, -0.25) is 14.3 Å². The molecular formula is C17H20N4O2. The third-order valence-corrected chi connectivity index (χ3v) is 4.09. The summed E-state index contributed by atoms with van der Waals surface area (Å²) in [5.41, 5.74) is 1.92. The lowest BCUT2D eigenvalue weighted by Crippen LogP contribution is -2.30. The molecule has 1 N–H and O–H groups in total. The summed E-state index contributed by atoms with van der Waals surface area (Å²) in [7, 11) is 0. The Balaban J connectivity index is 1.56. The minimum Gasteiger partial charge on any atom is -0.350 e. The van der Waals surface area contributed by atoms with Crippen molar-refractivity contribution in [1.29, 1.82) is 0 Å². The highest BCUT2D eigenvalue weighted by atomic mass is 16.2. The Morgan fingerprint density at radius 1 is 1.35 bits per heavy atom. The van der Waals surface area contributed by atoms with Crippen molar-refractivity contribution in [3.05, 3.63) is 48.3 Å².